The van der Waals surface area contributed by atoms with Crippen molar-refractivity contribution < 1.29 is 19.1 Å². The molecule has 0 atom stereocenters. The van der Waals surface area contributed by atoms with Crippen molar-refractivity contribution in [2.45, 2.75) is 20.8 Å². The van der Waals surface area contributed by atoms with Gasteiger partial charge in [-0.25, -0.2) is 9.78 Å². The minimum absolute atomic E-state index is 0.117. The number of aryl methyl sites for hydroxylation is 1. The van der Waals surface area contributed by atoms with Crippen LogP contribution in [0.2, 0.25) is 0 Å². The Morgan fingerprint density at radius 1 is 1.15 bits per heavy atom. The zero-order valence-electron chi connectivity index (χ0n) is 15.2. The summed E-state index contributed by atoms with van der Waals surface area (Å²) in [6.07, 6.45) is 0. The monoisotopic (exact) mass is 382 g/mol. The average Bonchev–Trinajstić information content (AvgIpc) is 3.25. The number of Topliss-reactive ketones (excluding diaryl/α,β-unsaturated/α-hetero) is 2. The number of aromatic amines is 1. The van der Waals surface area contributed by atoms with Gasteiger partial charge in [0.15, 0.2) is 18.1 Å². The Balaban J connectivity index is 1.68. The minimum Gasteiger partial charge on any atom is -0.452 e. The fourth-order valence-corrected chi connectivity index (χ4v) is 3.71. The van der Waals surface area contributed by atoms with Gasteiger partial charge in [-0.15, -0.1) is 11.3 Å². The molecule has 3 aromatic rings. The number of ether oxygens (including phenoxy) is 1. The molecule has 2 heterocycles. The van der Waals surface area contributed by atoms with Crippen molar-refractivity contribution in [1.29, 1.82) is 0 Å². The van der Waals surface area contributed by atoms with Crippen LogP contribution in [0.1, 0.15) is 49.5 Å². The number of thiazole rings is 1. The summed E-state index contributed by atoms with van der Waals surface area (Å²) in [6, 6.07) is 9.49. The maximum absolute atomic E-state index is 12.4. The van der Waals surface area contributed by atoms with E-state index in [2.05, 4.69) is 9.97 Å². The molecule has 138 valence electrons. The van der Waals surface area contributed by atoms with Gasteiger partial charge < -0.3 is 9.72 Å². The molecule has 0 saturated carbocycles. The Bertz CT molecular complexity index is 1020. The van der Waals surface area contributed by atoms with Crippen molar-refractivity contribution in [3.05, 3.63) is 63.9 Å². The number of hydrogen-bond donors (Lipinski definition) is 1. The maximum atomic E-state index is 12.4. The van der Waals surface area contributed by atoms with Gasteiger partial charge in [0.25, 0.3) is 0 Å². The van der Waals surface area contributed by atoms with E-state index < -0.39 is 18.4 Å². The first kappa shape index (κ1) is 18.7. The van der Waals surface area contributed by atoms with Crippen LogP contribution in [-0.4, -0.2) is 34.1 Å². The molecule has 0 unspecified atom stereocenters. The van der Waals surface area contributed by atoms with E-state index in [0.717, 1.165) is 5.56 Å². The van der Waals surface area contributed by atoms with Crippen molar-refractivity contribution in [2.24, 2.45) is 0 Å². The van der Waals surface area contributed by atoms with Crippen molar-refractivity contribution >= 4 is 28.9 Å². The number of H-pyrrole nitrogens is 1. The molecule has 0 amide bonds. The molecule has 3 rings (SSSR count). The quantitative estimate of drug-likeness (QED) is 0.514. The minimum atomic E-state index is -0.658. The molecule has 0 radical (unpaired) electrons. The van der Waals surface area contributed by atoms with E-state index in [-0.39, 0.29) is 17.2 Å². The first-order valence-corrected chi connectivity index (χ1v) is 9.17. The van der Waals surface area contributed by atoms with Gasteiger partial charge in [0.05, 0.1) is 5.69 Å². The number of nitrogens with one attached hydrogen (secondary N) is 1. The summed E-state index contributed by atoms with van der Waals surface area (Å²) >= 11 is 1.33. The van der Waals surface area contributed by atoms with E-state index in [1.54, 1.807) is 19.2 Å². The lowest BCUT2D eigenvalue weighted by Crippen LogP contribution is -2.15. The van der Waals surface area contributed by atoms with E-state index in [1.807, 2.05) is 30.3 Å². The van der Waals surface area contributed by atoms with Crippen LogP contribution in [0.25, 0.3) is 10.6 Å². The van der Waals surface area contributed by atoms with Crippen LogP contribution in [-0.2, 0) is 4.74 Å². The van der Waals surface area contributed by atoms with E-state index in [0.29, 0.717) is 21.8 Å². The molecular weight excluding hydrogens is 364 g/mol. The lowest BCUT2D eigenvalue weighted by molar-refractivity contribution is 0.0468. The highest BCUT2D eigenvalue weighted by atomic mass is 32.1. The Morgan fingerprint density at radius 2 is 1.85 bits per heavy atom. The second kappa shape index (κ2) is 7.67. The number of nitrogens with zero attached hydrogens (tertiary/aromatic N) is 1. The molecule has 1 aromatic carbocycles. The van der Waals surface area contributed by atoms with Crippen LogP contribution in [0.15, 0.2) is 35.7 Å². The van der Waals surface area contributed by atoms with Crippen LogP contribution in [0, 0.1) is 13.8 Å². The molecule has 0 aliphatic carbocycles. The van der Waals surface area contributed by atoms with Crippen LogP contribution in [0.3, 0.4) is 0 Å². The predicted octanol–water partition coefficient (Wildman–Crippen LogP) is 4.00. The third-order valence-corrected chi connectivity index (χ3v) is 5.03. The molecule has 1 N–H and O–H groups in total. The first-order chi connectivity index (χ1) is 12.9. The summed E-state index contributed by atoms with van der Waals surface area (Å²) in [5, 5.41) is 2.31. The lowest BCUT2D eigenvalue weighted by atomic mass is 10.1. The second-order valence-electron chi connectivity index (χ2n) is 6.08. The molecule has 0 aliphatic rings. The molecular formula is C20H18N2O4S. The van der Waals surface area contributed by atoms with E-state index in [1.165, 1.54) is 18.3 Å². The molecule has 7 heteroatoms. The summed E-state index contributed by atoms with van der Waals surface area (Å²) in [5.41, 5.74) is 3.05. The van der Waals surface area contributed by atoms with Crippen LogP contribution < -0.4 is 0 Å². The SMILES string of the molecule is CC(=O)c1c(C)[nH]c(C(=O)COC(=O)c2csc(-c3ccccc3)n2)c1C. The third kappa shape index (κ3) is 3.88. The number of benzene rings is 1. The number of carbonyl (C=O) groups is 3. The van der Waals surface area contributed by atoms with Gasteiger partial charge in [-0.1, -0.05) is 30.3 Å². The smallest absolute Gasteiger partial charge is 0.358 e. The largest absolute Gasteiger partial charge is 0.452 e. The Labute approximate surface area is 160 Å². The molecule has 0 spiro atoms. The maximum Gasteiger partial charge on any atom is 0.358 e. The number of carbonyl (C=O) groups excluding carboxylic acids is 3. The topological polar surface area (TPSA) is 89.1 Å². The number of hydrogen-bond acceptors (Lipinski definition) is 6. The number of rotatable bonds is 6. The van der Waals surface area contributed by atoms with E-state index in [9.17, 15) is 14.4 Å². The third-order valence-electron chi connectivity index (χ3n) is 4.14. The van der Waals surface area contributed by atoms with Crippen molar-refractivity contribution in [3.8, 4) is 10.6 Å². The normalized spacial score (nSPS) is 10.6. The molecule has 0 aliphatic heterocycles. The highest BCUT2D eigenvalue weighted by Gasteiger charge is 2.21. The molecule has 27 heavy (non-hydrogen) atoms. The lowest BCUT2D eigenvalue weighted by Gasteiger charge is -2.03. The molecule has 6 nitrogen and oxygen atoms in total. The van der Waals surface area contributed by atoms with Gasteiger partial charge in [0.1, 0.15) is 5.01 Å². The number of ketones is 2. The average molecular weight is 382 g/mol. The molecule has 0 fully saturated rings. The first-order valence-electron chi connectivity index (χ1n) is 8.30. The second-order valence-corrected chi connectivity index (χ2v) is 6.94. The summed E-state index contributed by atoms with van der Waals surface area (Å²) in [6.45, 7) is 4.45. The summed E-state index contributed by atoms with van der Waals surface area (Å²) < 4.78 is 5.11. The Kier molecular flexibility index (Phi) is 5.32. The highest BCUT2D eigenvalue weighted by Crippen LogP contribution is 2.24. The van der Waals surface area contributed by atoms with Crippen molar-refractivity contribution in [1.82, 2.24) is 9.97 Å². The van der Waals surface area contributed by atoms with E-state index in [4.69, 9.17) is 4.74 Å². The fourth-order valence-electron chi connectivity index (χ4n) is 2.91. The van der Waals surface area contributed by atoms with Gasteiger partial charge in [-0.2, -0.15) is 0 Å². The van der Waals surface area contributed by atoms with Crippen molar-refractivity contribution in [2.75, 3.05) is 6.61 Å². The van der Waals surface area contributed by atoms with Gasteiger partial charge in [-0.05, 0) is 26.3 Å². The number of esters is 1. The van der Waals surface area contributed by atoms with Gasteiger partial charge in [0, 0.05) is 22.2 Å². The molecule has 0 saturated heterocycles. The molecule has 2 aromatic heterocycles. The van der Waals surface area contributed by atoms with Gasteiger partial charge in [0.2, 0.25) is 5.78 Å². The Morgan fingerprint density at radius 3 is 2.48 bits per heavy atom. The summed E-state index contributed by atoms with van der Waals surface area (Å²) in [7, 11) is 0. The summed E-state index contributed by atoms with van der Waals surface area (Å²) in [4.78, 5) is 43.4. The highest BCUT2D eigenvalue weighted by molar-refractivity contribution is 7.13. The number of aromatic nitrogens is 2. The van der Waals surface area contributed by atoms with Crippen LogP contribution in [0.4, 0.5) is 0 Å². The van der Waals surface area contributed by atoms with Crippen molar-refractivity contribution in [3.63, 3.8) is 0 Å². The zero-order chi connectivity index (χ0) is 19.6. The van der Waals surface area contributed by atoms with E-state index >= 15 is 0 Å². The standard InChI is InChI=1S/C20H18N2O4S/c1-11-17(13(3)23)12(2)21-18(11)16(24)9-26-20(25)15-10-27-19(22-15)14-7-5-4-6-8-14/h4-8,10,21H,9H2,1-3H3. The predicted molar refractivity (Wildman–Crippen MR) is 102 cm³/mol. The molecule has 0 bridgehead atoms. The van der Waals surface area contributed by atoms with Gasteiger partial charge in [-0.3, -0.25) is 9.59 Å². The Hall–Kier alpha value is -3.06. The van der Waals surface area contributed by atoms with Gasteiger partial charge >= 0.3 is 5.97 Å². The van der Waals surface area contributed by atoms with Crippen LogP contribution >= 0.6 is 11.3 Å². The summed E-state index contributed by atoms with van der Waals surface area (Å²) in [5.74, 6) is -1.17. The van der Waals surface area contributed by atoms with Crippen LogP contribution in [0.5, 0.6) is 0 Å². The fraction of sp³-hybridized carbons (Fsp3) is 0.200. The zero-order valence-corrected chi connectivity index (χ0v) is 16.0.